The quantitative estimate of drug-likeness (QED) is 0.940. The lowest BCUT2D eigenvalue weighted by Gasteiger charge is -2.26. The van der Waals surface area contributed by atoms with E-state index in [0.29, 0.717) is 18.4 Å². The first-order valence-electron chi connectivity index (χ1n) is 6.74. The van der Waals surface area contributed by atoms with Gasteiger partial charge in [-0.15, -0.1) is 11.3 Å². The van der Waals surface area contributed by atoms with Crippen molar-refractivity contribution in [3.63, 3.8) is 0 Å². The molecule has 1 aliphatic heterocycles. The van der Waals surface area contributed by atoms with Crippen LogP contribution in [0.4, 0.5) is 11.9 Å². The van der Waals surface area contributed by atoms with Crippen LogP contribution in [0.15, 0.2) is 17.5 Å². The summed E-state index contributed by atoms with van der Waals surface area (Å²) in [4.78, 5) is 16.3. The van der Waals surface area contributed by atoms with Crippen LogP contribution in [0, 0.1) is 0 Å². The third kappa shape index (κ3) is 3.37. The highest BCUT2D eigenvalue weighted by atomic mass is 35.5. The third-order valence-electron chi connectivity index (χ3n) is 3.24. The SMILES string of the molecule is Clc1nc(NCc2cccs2)nc(N2CCCCC2)n1. The molecule has 3 heterocycles. The van der Waals surface area contributed by atoms with Gasteiger partial charge in [0.15, 0.2) is 0 Å². The lowest BCUT2D eigenvalue weighted by molar-refractivity contribution is 0.567. The molecule has 0 aromatic carbocycles. The summed E-state index contributed by atoms with van der Waals surface area (Å²) >= 11 is 7.71. The molecule has 1 saturated heterocycles. The Morgan fingerprint density at radius 3 is 2.80 bits per heavy atom. The van der Waals surface area contributed by atoms with Crippen molar-refractivity contribution in [2.24, 2.45) is 0 Å². The Labute approximate surface area is 127 Å². The summed E-state index contributed by atoms with van der Waals surface area (Å²) in [5.74, 6) is 1.22. The van der Waals surface area contributed by atoms with Crippen LogP contribution >= 0.6 is 22.9 Å². The van der Waals surface area contributed by atoms with Crippen molar-refractivity contribution in [3.05, 3.63) is 27.7 Å². The van der Waals surface area contributed by atoms with Gasteiger partial charge < -0.3 is 10.2 Å². The molecular formula is C13H16ClN5S. The standard InChI is InChI=1S/C13H16ClN5S/c14-11-16-12(15-9-10-5-4-8-20-10)18-13(17-11)19-6-2-1-3-7-19/h4-5,8H,1-3,6-7,9H2,(H,15,16,17,18). The van der Waals surface area contributed by atoms with Crippen LogP contribution in [0.5, 0.6) is 0 Å². The van der Waals surface area contributed by atoms with Crippen molar-refractivity contribution in [1.29, 1.82) is 0 Å². The second-order valence-corrected chi connectivity index (χ2v) is 6.08. The number of hydrogen-bond acceptors (Lipinski definition) is 6. The van der Waals surface area contributed by atoms with E-state index < -0.39 is 0 Å². The molecule has 20 heavy (non-hydrogen) atoms. The molecule has 5 nitrogen and oxygen atoms in total. The Balaban J connectivity index is 1.72. The van der Waals surface area contributed by atoms with Gasteiger partial charge in [0.2, 0.25) is 17.2 Å². The molecule has 0 radical (unpaired) electrons. The van der Waals surface area contributed by atoms with Gasteiger partial charge in [-0.2, -0.15) is 15.0 Å². The molecule has 3 rings (SSSR count). The maximum absolute atomic E-state index is 6.00. The van der Waals surface area contributed by atoms with Crippen molar-refractivity contribution in [2.45, 2.75) is 25.8 Å². The Morgan fingerprint density at radius 1 is 1.20 bits per heavy atom. The molecule has 0 atom stereocenters. The third-order valence-corrected chi connectivity index (χ3v) is 4.28. The van der Waals surface area contributed by atoms with Crippen molar-refractivity contribution in [3.8, 4) is 0 Å². The van der Waals surface area contributed by atoms with Gasteiger partial charge in [-0.1, -0.05) is 6.07 Å². The fraction of sp³-hybridized carbons (Fsp3) is 0.462. The summed E-state index contributed by atoms with van der Waals surface area (Å²) in [5, 5.41) is 5.50. The van der Waals surface area contributed by atoms with Gasteiger partial charge in [0.25, 0.3) is 0 Å². The Morgan fingerprint density at radius 2 is 2.05 bits per heavy atom. The zero-order valence-electron chi connectivity index (χ0n) is 11.0. The number of aromatic nitrogens is 3. The van der Waals surface area contributed by atoms with Gasteiger partial charge >= 0.3 is 0 Å². The lowest BCUT2D eigenvalue weighted by atomic mass is 10.1. The summed E-state index contributed by atoms with van der Waals surface area (Å²) in [6.45, 7) is 2.69. The van der Waals surface area contributed by atoms with Crippen molar-refractivity contribution in [2.75, 3.05) is 23.3 Å². The van der Waals surface area contributed by atoms with E-state index in [9.17, 15) is 0 Å². The predicted octanol–water partition coefficient (Wildman–Crippen LogP) is 3.19. The van der Waals surface area contributed by atoms with Gasteiger partial charge in [0.05, 0.1) is 6.54 Å². The minimum absolute atomic E-state index is 0.245. The summed E-state index contributed by atoms with van der Waals surface area (Å²) in [7, 11) is 0. The molecule has 0 spiro atoms. The van der Waals surface area contributed by atoms with Crippen LogP contribution in [0.1, 0.15) is 24.1 Å². The zero-order chi connectivity index (χ0) is 13.8. The number of nitrogens with zero attached hydrogens (tertiary/aromatic N) is 4. The van der Waals surface area contributed by atoms with E-state index in [1.54, 1.807) is 11.3 Å². The molecule has 7 heteroatoms. The van der Waals surface area contributed by atoms with Crippen LogP contribution < -0.4 is 10.2 Å². The van der Waals surface area contributed by atoms with Gasteiger partial charge in [-0.05, 0) is 42.3 Å². The van der Waals surface area contributed by atoms with Gasteiger partial charge in [-0.25, -0.2) is 0 Å². The summed E-state index contributed by atoms with van der Waals surface area (Å²) < 4.78 is 0. The fourth-order valence-electron chi connectivity index (χ4n) is 2.23. The molecule has 0 saturated carbocycles. The molecule has 1 N–H and O–H groups in total. The van der Waals surface area contributed by atoms with E-state index in [4.69, 9.17) is 11.6 Å². The topological polar surface area (TPSA) is 53.9 Å². The normalized spacial score (nSPS) is 15.3. The first-order chi connectivity index (χ1) is 9.81. The van der Waals surface area contributed by atoms with Crippen molar-refractivity contribution in [1.82, 2.24) is 15.0 Å². The van der Waals surface area contributed by atoms with Crippen LogP contribution in [0.25, 0.3) is 0 Å². The summed E-state index contributed by atoms with van der Waals surface area (Å²) in [5.41, 5.74) is 0. The van der Waals surface area contributed by atoms with E-state index in [0.717, 1.165) is 13.1 Å². The van der Waals surface area contributed by atoms with Crippen LogP contribution in [-0.4, -0.2) is 28.0 Å². The van der Waals surface area contributed by atoms with Gasteiger partial charge in [-0.3, -0.25) is 0 Å². The maximum atomic E-state index is 6.00. The van der Waals surface area contributed by atoms with Crippen LogP contribution in [0.2, 0.25) is 5.28 Å². The van der Waals surface area contributed by atoms with Gasteiger partial charge in [0.1, 0.15) is 0 Å². The highest BCUT2D eigenvalue weighted by molar-refractivity contribution is 7.09. The monoisotopic (exact) mass is 309 g/mol. The summed E-state index contributed by atoms with van der Waals surface area (Å²) in [6.07, 6.45) is 3.64. The van der Waals surface area contributed by atoms with Crippen LogP contribution in [-0.2, 0) is 6.54 Å². The molecule has 106 valence electrons. The molecule has 0 aliphatic carbocycles. The number of thiophene rings is 1. The molecule has 2 aromatic heterocycles. The average molecular weight is 310 g/mol. The highest BCUT2D eigenvalue weighted by Gasteiger charge is 2.15. The minimum Gasteiger partial charge on any atom is -0.349 e. The number of hydrogen-bond donors (Lipinski definition) is 1. The summed E-state index contributed by atoms with van der Waals surface area (Å²) in [6, 6.07) is 4.10. The molecule has 0 bridgehead atoms. The van der Waals surface area contributed by atoms with Crippen LogP contribution in [0.3, 0.4) is 0 Å². The Bertz CT molecular complexity index is 554. The van der Waals surface area contributed by atoms with E-state index in [2.05, 4.69) is 36.6 Å². The second kappa shape index (κ2) is 6.37. The largest absolute Gasteiger partial charge is 0.349 e. The molecule has 0 unspecified atom stereocenters. The average Bonchev–Trinajstić information content (AvgIpc) is 2.99. The predicted molar refractivity (Wildman–Crippen MR) is 82.5 cm³/mol. The fourth-order valence-corrected chi connectivity index (χ4v) is 3.03. The number of nitrogens with one attached hydrogen (secondary N) is 1. The Hall–Kier alpha value is -1.40. The number of anilines is 2. The number of rotatable bonds is 4. The minimum atomic E-state index is 0.245. The first kappa shape index (κ1) is 13.6. The molecular weight excluding hydrogens is 294 g/mol. The lowest BCUT2D eigenvalue weighted by Crippen LogP contribution is -2.31. The second-order valence-electron chi connectivity index (χ2n) is 4.71. The number of halogens is 1. The zero-order valence-corrected chi connectivity index (χ0v) is 12.6. The Kier molecular flexibility index (Phi) is 4.32. The van der Waals surface area contributed by atoms with Crippen molar-refractivity contribution < 1.29 is 0 Å². The van der Waals surface area contributed by atoms with E-state index >= 15 is 0 Å². The van der Waals surface area contributed by atoms with Crippen molar-refractivity contribution >= 4 is 34.8 Å². The van der Waals surface area contributed by atoms with E-state index in [1.165, 1.54) is 24.1 Å². The van der Waals surface area contributed by atoms with E-state index in [-0.39, 0.29) is 5.28 Å². The molecule has 1 fully saturated rings. The number of piperidine rings is 1. The molecule has 0 amide bonds. The van der Waals surface area contributed by atoms with Gasteiger partial charge in [0, 0.05) is 18.0 Å². The van der Waals surface area contributed by atoms with E-state index in [1.807, 2.05) is 6.07 Å². The smallest absolute Gasteiger partial charge is 0.231 e. The maximum Gasteiger partial charge on any atom is 0.231 e. The molecule has 1 aliphatic rings. The molecule has 2 aromatic rings. The first-order valence-corrected chi connectivity index (χ1v) is 8.00. The highest BCUT2D eigenvalue weighted by Crippen LogP contribution is 2.19.